The van der Waals surface area contributed by atoms with Crippen LogP contribution >= 0.6 is 11.3 Å². The number of fused-ring (bicyclic) bond motifs is 3. The van der Waals surface area contributed by atoms with Crippen molar-refractivity contribution in [2.24, 2.45) is 5.92 Å². The van der Waals surface area contributed by atoms with Gasteiger partial charge in [-0.2, -0.15) is 5.26 Å². The summed E-state index contributed by atoms with van der Waals surface area (Å²) in [4.78, 5) is 9.14. The van der Waals surface area contributed by atoms with Crippen LogP contribution in [0.2, 0.25) is 0 Å². The Hall–Kier alpha value is -1.97. The summed E-state index contributed by atoms with van der Waals surface area (Å²) < 4.78 is 3.44. The summed E-state index contributed by atoms with van der Waals surface area (Å²) in [5, 5.41) is 21.4. The first kappa shape index (κ1) is 14.6. The molecule has 0 bridgehead atoms. The lowest BCUT2D eigenvalue weighted by Crippen LogP contribution is -2.31. The molecule has 6 heteroatoms. The van der Waals surface area contributed by atoms with Crippen molar-refractivity contribution in [3.05, 3.63) is 23.5 Å². The van der Waals surface area contributed by atoms with E-state index in [4.69, 9.17) is 5.26 Å². The molecule has 1 fully saturated rings. The Bertz CT molecular complexity index is 906. The molecule has 1 aliphatic carbocycles. The molecule has 5 nitrogen and oxygen atoms in total. The SMILES string of the molecule is Cc1nc2cnc3ccsc3c2n1C1CCC(CC#N)C(O)C1. The molecule has 0 saturated heterocycles. The van der Waals surface area contributed by atoms with Crippen molar-refractivity contribution >= 4 is 32.6 Å². The molecule has 1 aliphatic rings. The second kappa shape index (κ2) is 5.59. The van der Waals surface area contributed by atoms with Crippen molar-refractivity contribution in [1.29, 1.82) is 5.26 Å². The van der Waals surface area contributed by atoms with Gasteiger partial charge in [0.2, 0.25) is 0 Å². The van der Waals surface area contributed by atoms with Gasteiger partial charge in [-0.25, -0.2) is 4.98 Å². The summed E-state index contributed by atoms with van der Waals surface area (Å²) in [7, 11) is 0. The number of nitrogens with zero attached hydrogens (tertiary/aromatic N) is 4. The zero-order valence-electron chi connectivity index (χ0n) is 12.9. The van der Waals surface area contributed by atoms with Gasteiger partial charge >= 0.3 is 0 Å². The van der Waals surface area contributed by atoms with Crippen LogP contribution in [0, 0.1) is 24.2 Å². The number of pyridine rings is 1. The van der Waals surface area contributed by atoms with Crippen molar-refractivity contribution in [3.63, 3.8) is 0 Å². The molecule has 1 N–H and O–H groups in total. The molecule has 0 amide bonds. The van der Waals surface area contributed by atoms with Gasteiger partial charge in [0.05, 0.1) is 34.1 Å². The lowest BCUT2D eigenvalue weighted by Gasteiger charge is -2.33. The number of imidazole rings is 1. The molecular weight excluding hydrogens is 308 g/mol. The largest absolute Gasteiger partial charge is 0.393 e. The Morgan fingerprint density at radius 2 is 2.30 bits per heavy atom. The predicted molar refractivity (Wildman–Crippen MR) is 90.3 cm³/mol. The third-order valence-electron chi connectivity index (χ3n) is 4.95. The van der Waals surface area contributed by atoms with Crippen LogP contribution in [0.4, 0.5) is 0 Å². The van der Waals surface area contributed by atoms with E-state index in [1.807, 2.05) is 19.2 Å². The van der Waals surface area contributed by atoms with E-state index in [2.05, 4.69) is 26.0 Å². The lowest BCUT2D eigenvalue weighted by molar-refractivity contribution is 0.0501. The Morgan fingerprint density at radius 3 is 3.09 bits per heavy atom. The van der Waals surface area contributed by atoms with Crippen LogP contribution in [-0.2, 0) is 0 Å². The number of aryl methyl sites for hydroxylation is 1. The van der Waals surface area contributed by atoms with Crippen LogP contribution in [0.25, 0.3) is 21.3 Å². The van der Waals surface area contributed by atoms with Gasteiger partial charge in [-0.1, -0.05) is 0 Å². The average molecular weight is 326 g/mol. The van der Waals surface area contributed by atoms with E-state index in [-0.39, 0.29) is 12.0 Å². The number of hydrogen-bond donors (Lipinski definition) is 1. The van der Waals surface area contributed by atoms with Crippen LogP contribution in [-0.4, -0.2) is 25.7 Å². The highest BCUT2D eigenvalue weighted by atomic mass is 32.1. The molecule has 23 heavy (non-hydrogen) atoms. The maximum atomic E-state index is 10.4. The molecule has 3 aromatic heterocycles. The number of aliphatic hydroxyl groups is 1. The molecule has 118 valence electrons. The minimum atomic E-state index is -0.411. The number of aliphatic hydroxyl groups excluding tert-OH is 1. The molecule has 4 rings (SSSR count). The molecule has 3 heterocycles. The van der Waals surface area contributed by atoms with Gasteiger partial charge in [0.25, 0.3) is 0 Å². The Balaban J connectivity index is 1.79. The summed E-state index contributed by atoms with van der Waals surface area (Å²) >= 11 is 1.69. The normalized spacial score (nSPS) is 25.0. The highest BCUT2D eigenvalue weighted by Gasteiger charge is 2.31. The predicted octanol–water partition coefficient (Wildman–Crippen LogP) is 3.57. The van der Waals surface area contributed by atoms with E-state index >= 15 is 0 Å². The number of rotatable bonds is 2. The molecule has 3 aromatic rings. The number of hydrogen-bond acceptors (Lipinski definition) is 5. The van der Waals surface area contributed by atoms with Crippen molar-refractivity contribution in [3.8, 4) is 6.07 Å². The first-order chi connectivity index (χ1) is 11.2. The highest BCUT2D eigenvalue weighted by molar-refractivity contribution is 7.18. The molecule has 0 aliphatic heterocycles. The van der Waals surface area contributed by atoms with Gasteiger partial charge in [-0.15, -0.1) is 11.3 Å². The smallest absolute Gasteiger partial charge is 0.109 e. The summed E-state index contributed by atoms with van der Waals surface area (Å²) in [5.41, 5.74) is 3.06. The van der Waals surface area contributed by atoms with E-state index in [9.17, 15) is 5.11 Å². The van der Waals surface area contributed by atoms with Gasteiger partial charge in [-0.05, 0) is 43.6 Å². The number of nitriles is 1. The zero-order chi connectivity index (χ0) is 16.0. The molecule has 3 unspecified atom stereocenters. The summed E-state index contributed by atoms with van der Waals surface area (Å²) in [6, 6.07) is 4.46. The van der Waals surface area contributed by atoms with Gasteiger partial charge in [-0.3, -0.25) is 4.98 Å². The summed E-state index contributed by atoms with van der Waals surface area (Å²) in [6.07, 6.45) is 4.42. The molecular formula is C17H18N4OS. The fraction of sp³-hybridized carbons (Fsp3) is 0.471. The third-order valence-corrected chi connectivity index (χ3v) is 5.86. The third kappa shape index (κ3) is 2.32. The minimum Gasteiger partial charge on any atom is -0.393 e. The average Bonchev–Trinajstić information content (AvgIpc) is 3.12. The minimum absolute atomic E-state index is 0.106. The van der Waals surface area contributed by atoms with E-state index < -0.39 is 6.10 Å². The Morgan fingerprint density at radius 1 is 1.43 bits per heavy atom. The van der Waals surface area contributed by atoms with E-state index in [0.717, 1.165) is 39.9 Å². The molecule has 0 aromatic carbocycles. The van der Waals surface area contributed by atoms with Crippen LogP contribution in [0.5, 0.6) is 0 Å². The van der Waals surface area contributed by atoms with Crippen molar-refractivity contribution < 1.29 is 5.11 Å². The Labute approximate surface area is 138 Å². The summed E-state index contributed by atoms with van der Waals surface area (Å²) in [6.45, 7) is 2.02. The first-order valence-electron chi connectivity index (χ1n) is 7.94. The monoisotopic (exact) mass is 326 g/mol. The standard InChI is InChI=1S/C17H18N4OS/c1-10-20-14-9-19-13-5-7-23-17(13)16(14)21(10)12-3-2-11(4-6-18)15(22)8-12/h5,7,9,11-12,15,22H,2-4,8H2,1H3. The van der Waals surface area contributed by atoms with Crippen LogP contribution in [0.15, 0.2) is 17.6 Å². The van der Waals surface area contributed by atoms with Crippen LogP contribution in [0.3, 0.4) is 0 Å². The molecule has 0 spiro atoms. The van der Waals surface area contributed by atoms with Crippen LogP contribution in [0.1, 0.15) is 37.5 Å². The van der Waals surface area contributed by atoms with E-state index in [1.165, 1.54) is 0 Å². The topological polar surface area (TPSA) is 74.7 Å². The van der Waals surface area contributed by atoms with Crippen molar-refractivity contribution in [2.45, 2.75) is 44.8 Å². The van der Waals surface area contributed by atoms with Crippen molar-refractivity contribution in [2.75, 3.05) is 0 Å². The Kier molecular flexibility index (Phi) is 3.55. The lowest BCUT2D eigenvalue weighted by atomic mass is 9.82. The quantitative estimate of drug-likeness (QED) is 0.781. The molecule has 0 radical (unpaired) electrons. The second-order valence-corrected chi connectivity index (χ2v) is 7.23. The maximum Gasteiger partial charge on any atom is 0.109 e. The highest BCUT2D eigenvalue weighted by Crippen LogP contribution is 2.38. The fourth-order valence-electron chi connectivity index (χ4n) is 3.82. The van der Waals surface area contributed by atoms with Crippen LogP contribution < -0.4 is 0 Å². The van der Waals surface area contributed by atoms with Gasteiger partial charge < -0.3 is 9.67 Å². The molecule has 1 saturated carbocycles. The first-order valence-corrected chi connectivity index (χ1v) is 8.82. The van der Waals surface area contributed by atoms with Gasteiger partial charge in [0, 0.05) is 12.5 Å². The zero-order valence-corrected chi connectivity index (χ0v) is 13.8. The van der Waals surface area contributed by atoms with E-state index in [1.54, 1.807) is 11.3 Å². The number of thiophene rings is 1. The van der Waals surface area contributed by atoms with Crippen molar-refractivity contribution in [1.82, 2.24) is 14.5 Å². The van der Waals surface area contributed by atoms with Gasteiger partial charge in [0.1, 0.15) is 11.3 Å². The second-order valence-electron chi connectivity index (χ2n) is 6.31. The summed E-state index contributed by atoms with van der Waals surface area (Å²) in [5.74, 6) is 1.08. The van der Waals surface area contributed by atoms with E-state index in [0.29, 0.717) is 12.8 Å². The molecule has 3 atom stereocenters. The fourth-order valence-corrected chi connectivity index (χ4v) is 4.71. The van der Waals surface area contributed by atoms with Gasteiger partial charge in [0.15, 0.2) is 0 Å². The maximum absolute atomic E-state index is 10.4. The number of aromatic nitrogens is 3.